The summed E-state index contributed by atoms with van der Waals surface area (Å²) in [5.74, 6) is 0. The molecule has 0 amide bonds. The quantitative estimate of drug-likeness (QED) is 0.815. The number of nitrogens with one attached hydrogen (secondary N) is 1. The minimum Gasteiger partial charge on any atom is -0.308 e. The third kappa shape index (κ3) is 1.95. The van der Waals surface area contributed by atoms with Gasteiger partial charge in [0.1, 0.15) is 6.33 Å². The van der Waals surface area contributed by atoms with Crippen LogP contribution in [0.3, 0.4) is 0 Å². The highest BCUT2D eigenvalue weighted by molar-refractivity contribution is 5.03. The summed E-state index contributed by atoms with van der Waals surface area (Å²) in [7, 11) is 0. The Morgan fingerprint density at radius 1 is 1.25 bits per heavy atom. The minimum atomic E-state index is 0.669. The van der Waals surface area contributed by atoms with Crippen molar-refractivity contribution >= 4 is 0 Å². The summed E-state index contributed by atoms with van der Waals surface area (Å²) in [6.07, 6.45) is 9.39. The van der Waals surface area contributed by atoms with Crippen LogP contribution in [0, 0.1) is 0 Å². The standard InChI is InChI=1S/C12H18N4/c1-2-12-11(3-5-16(12)4-1)15-8-10-6-13-9-14-7-10/h6-7,9,11-12,15H,1-5,8H2. The van der Waals surface area contributed by atoms with E-state index in [-0.39, 0.29) is 0 Å². The molecular formula is C12H18N4. The first-order valence-electron chi connectivity index (χ1n) is 6.15. The lowest BCUT2D eigenvalue weighted by atomic mass is 10.1. The van der Waals surface area contributed by atoms with Gasteiger partial charge < -0.3 is 5.32 Å². The molecule has 0 aromatic carbocycles. The van der Waals surface area contributed by atoms with Crippen LogP contribution in [0.2, 0.25) is 0 Å². The maximum atomic E-state index is 4.03. The van der Waals surface area contributed by atoms with Crippen LogP contribution in [-0.2, 0) is 6.54 Å². The Balaban J connectivity index is 1.56. The summed E-state index contributed by atoms with van der Waals surface area (Å²) in [6, 6.07) is 1.45. The third-order valence-electron chi connectivity index (χ3n) is 3.79. The van der Waals surface area contributed by atoms with Crippen LogP contribution in [0.1, 0.15) is 24.8 Å². The van der Waals surface area contributed by atoms with E-state index in [1.54, 1.807) is 6.33 Å². The van der Waals surface area contributed by atoms with Gasteiger partial charge in [0.25, 0.3) is 0 Å². The van der Waals surface area contributed by atoms with Gasteiger partial charge in [-0.05, 0) is 25.8 Å². The van der Waals surface area contributed by atoms with Gasteiger partial charge in [-0.2, -0.15) is 0 Å². The first-order chi connectivity index (χ1) is 7.93. The molecule has 2 aliphatic rings. The minimum absolute atomic E-state index is 0.669. The maximum absolute atomic E-state index is 4.03. The molecule has 3 heterocycles. The molecule has 2 aliphatic heterocycles. The Labute approximate surface area is 96.1 Å². The SMILES string of the molecule is c1ncc(CNC2CCN3CCCC23)cn1. The lowest BCUT2D eigenvalue weighted by Crippen LogP contribution is -2.38. The van der Waals surface area contributed by atoms with Crippen molar-refractivity contribution in [2.75, 3.05) is 13.1 Å². The van der Waals surface area contributed by atoms with E-state index in [9.17, 15) is 0 Å². The lowest BCUT2D eigenvalue weighted by Gasteiger charge is -2.21. The zero-order valence-corrected chi connectivity index (χ0v) is 9.47. The van der Waals surface area contributed by atoms with E-state index in [2.05, 4.69) is 20.2 Å². The van der Waals surface area contributed by atoms with E-state index >= 15 is 0 Å². The molecule has 1 aromatic rings. The second kappa shape index (κ2) is 4.47. The van der Waals surface area contributed by atoms with Crippen LogP contribution in [0.4, 0.5) is 0 Å². The summed E-state index contributed by atoms with van der Waals surface area (Å²) in [6.45, 7) is 3.47. The van der Waals surface area contributed by atoms with Gasteiger partial charge in [0.05, 0.1) is 0 Å². The molecular weight excluding hydrogens is 200 g/mol. The fourth-order valence-electron chi connectivity index (χ4n) is 2.99. The summed E-state index contributed by atoms with van der Waals surface area (Å²) in [5, 5.41) is 3.65. The number of fused-ring (bicyclic) bond motifs is 1. The molecule has 2 saturated heterocycles. The number of hydrogen-bond donors (Lipinski definition) is 1. The van der Waals surface area contributed by atoms with Gasteiger partial charge in [-0.15, -0.1) is 0 Å². The van der Waals surface area contributed by atoms with E-state index in [0.717, 1.165) is 12.6 Å². The second-order valence-corrected chi connectivity index (χ2v) is 4.77. The van der Waals surface area contributed by atoms with Crippen LogP contribution < -0.4 is 5.32 Å². The van der Waals surface area contributed by atoms with Gasteiger partial charge in [0, 0.05) is 43.1 Å². The molecule has 86 valence electrons. The highest BCUT2D eigenvalue weighted by atomic mass is 15.2. The normalized spacial score (nSPS) is 29.5. The molecule has 2 fully saturated rings. The van der Waals surface area contributed by atoms with Gasteiger partial charge in [-0.3, -0.25) is 4.90 Å². The van der Waals surface area contributed by atoms with Crippen molar-refractivity contribution in [3.05, 3.63) is 24.3 Å². The molecule has 0 saturated carbocycles. The zero-order chi connectivity index (χ0) is 10.8. The van der Waals surface area contributed by atoms with E-state index in [1.807, 2.05) is 12.4 Å². The van der Waals surface area contributed by atoms with Crippen molar-refractivity contribution in [3.8, 4) is 0 Å². The van der Waals surface area contributed by atoms with Crippen molar-refractivity contribution in [3.63, 3.8) is 0 Å². The Morgan fingerprint density at radius 3 is 3.00 bits per heavy atom. The molecule has 4 heteroatoms. The summed E-state index contributed by atoms with van der Waals surface area (Å²) in [4.78, 5) is 10.7. The molecule has 0 aliphatic carbocycles. The smallest absolute Gasteiger partial charge is 0.115 e. The van der Waals surface area contributed by atoms with E-state index < -0.39 is 0 Å². The first kappa shape index (κ1) is 10.2. The van der Waals surface area contributed by atoms with Crippen molar-refractivity contribution in [1.29, 1.82) is 0 Å². The largest absolute Gasteiger partial charge is 0.308 e. The fraction of sp³-hybridized carbons (Fsp3) is 0.667. The monoisotopic (exact) mass is 218 g/mol. The maximum Gasteiger partial charge on any atom is 0.115 e. The van der Waals surface area contributed by atoms with E-state index in [4.69, 9.17) is 0 Å². The average Bonchev–Trinajstić information content (AvgIpc) is 2.90. The van der Waals surface area contributed by atoms with Crippen molar-refractivity contribution < 1.29 is 0 Å². The Bertz CT molecular complexity index is 340. The summed E-state index contributed by atoms with van der Waals surface area (Å²) in [5.41, 5.74) is 1.18. The third-order valence-corrected chi connectivity index (χ3v) is 3.79. The van der Waals surface area contributed by atoms with Gasteiger partial charge >= 0.3 is 0 Å². The van der Waals surface area contributed by atoms with Crippen LogP contribution in [0.5, 0.6) is 0 Å². The van der Waals surface area contributed by atoms with Crippen molar-refractivity contribution in [2.45, 2.75) is 37.9 Å². The fourth-order valence-corrected chi connectivity index (χ4v) is 2.99. The molecule has 2 unspecified atom stereocenters. The second-order valence-electron chi connectivity index (χ2n) is 4.77. The summed E-state index contributed by atoms with van der Waals surface area (Å²) < 4.78 is 0. The van der Waals surface area contributed by atoms with Crippen LogP contribution in [-0.4, -0.2) is 40.0 Å². The Morgan fingerprint density at radius 2 is 2.12 bits per heavy atom. The molecule has 0 radical (unpaired) electrons. The summed E-state index contributed by atoms with van der Waals surface area (Å²) >= 11 is 0. The molecule has 16 heavy (non-hydrogen) atoms. The molecule has 0 spiro atoms. The number of rotatable bonds is 3. The number of hydrogen-bond acceptors (Lipinski definition) is 4. The van der Waals surface area contributed by atoms with Crippen molar-refractivity contribution in [1.82, 2.24) is 20.2 Å². The highest BCUT2D eigenvalue weighted by Gasteiger charge is 2.36. The Hall–Kier alpha value is -1.00. The van der Waals surface area contributed by atoms with Gasteiger partial charge in [-0.25, -0.2) is 9.97 Å². The predicted octanol–water partition coefficient (Wildman–Crippen LogP) is 0.803. The molecule has 2 atom stereocenters. The first-order valence-corrected chi connectivity index (χ1v) is 6.15. The van der Waals surface area contributed by atoms with Crippen molar-refractivity contribution in [2.24, 2.45) is 0 Å². The van der Waals surface area contributed by atoms with Crippen LogP contribution in [0.15, 0.2) is 18.7 Å². The topological polar surface area (TPSA) is 41.1 Å². The molecule has 4 nitrogen and oxygen atoms in total. The average molecular weight is 218 g/mol. The molecule has 0 bridgehead atoms. The zero-order valence-electron chi connectivity index (χ0n) is 9.47. The van der Waals surface area contributed by atoms with Crippen LogP contribution in [0.25, 0.3) is 0 Å². The van der Waals surface area contributed by atoms with E-state index in [0.29, 0.717) is 6.04 Å². The number of nitrogens with zero attached hydrogens (tertiary/aromatic N) is 3. The molecule has 1 N–H and O–H groups in total. The highest BCUT2D eigenvalue weighted by Crippen LogP contribution is 2.27. The van der Waals surface area contributed by atoms with Gasteiger partial charge in [-0.1, -0.05) is 0 Å². The predicted molar refractivity (Wildman–Crippen MR) is 61.9 cm³/mol. The van der Waals surface area contributed by atoms with Gasteiger partial charge in [0.2, 0.25) is 0 Å². The Kier molecular flexibility index (Phi) is 2.84. The van der Waals surface area contributed by atoms with Crippen LogP contribution >= 0.6 is 0 Å². The number of aromatic nitrogens is 2. The lowest BCUT2D eigenvalue weighted by molar-refractivity contribution is 0.298. The van der Waals surface area contributed by atoms with E-state index in [1.165, 1.54) is 37.9 Å². The molecule has 3 rings (SSSR count). The molecule has 1 aromatic heterocycles. The van der Waals surface area contributed by atoms with Gasteiger partial charge in [0.15, 0.2) is 0 Å².